The second-order valence-corrected chi connectivity index (χ2v) is 7.91. The lowest BCUT2D eigenvalue weighted by molar-refractivity contribution is -0.113. The van der Waals surface area contributed by atoms with Gasteiger partial charge in [-0.25, -0.2) is 8.42 Å². The average Bonchev–Trinajstić information content (AvgIpc) is 2.88. The monoisotopic (exact) mass is 355 g/mol. The standard InChI is InChI=1S/C15H18ClN3O3S/c1-11(2)19-8-7-12(18-19)9-23(21,22)10-15(20)17-14-6-4-3-5-13(14)16/h3-8,11H,9-10H2,1-2H3,(H,17,20). The summed E-state index contributed by atoms with van der Waals surface area (Å²) in [6, 6.07) is 8.44. The maximum absolute atomic E-state index is 12.1. The Labute approximate surface area is 140 Å². The van der Waals surface area contributed by atoms with Gasteiger partial charge in [0.2, 0.25) is 5.91 Å². The van der Waals surface area contributed by atoms with Crippen molar-refractivity contribution in [2.24, 2.45) is 0 Å². The van der Waals surface area contributed by atoms with E-state index in [-0.39, 0.29) is 11.8 Å². The lowest BCUT2D eigenvalue weighted by Crippen LogP contribution is -2.24. The molecule has 0 saturated carbocycles. The summed E-state index contributed by atoms with van der Waals surface area (Å²) >= 11 is 5.92. The van der Waals surface area contributed by atoms with E-state index in [0.717, 1.165) is 0 Å². The van der Waals surface area contributed by atoms with Crippen LogP contribution in [0.3, 0.4) is 0 Å². The van der Waals surface area contributed by atoms with Crippen molar-refractivity contribution in [3.8, 4) is 0 Å². The Morgan fingerprint density at radius 2 is 2.00 bits per heavy atom. The van der Waals surface area contributed by atoms with E-state index >= 15 is 0 Å². The van der Waals surface area contributed by atoms with Gasteiger partial charge in [-0.1, -0.05) is 23.7 Å². The van der Waals surface area contributed by atoms with Gasteiger partial charge in [-0.2, -0.15) is 5.10 Å². The second-order valence-electron chi connectivity index (χ2n) is 5.44. The number of hydrogen-bond donors (Lipinski definition) is 1. The fourth-order valence-corrected chi connectivity index (χ4v) is 3.33. The highest BCUT2D eigenvalue weighted by atomic mass is 35.5. The van der Waals surface area contributed by atoms with Crippen molar-refractivity contribution in [3.05, 3.63) is 47.2 Å². The van der Waals surface area contributed by atoms with E-state index in [1.807, 2.05) is 13.8 Å². The number of hydrogen-bond acceptors (Lipinski definition) is 4. The molecule has 0 radical (unpaired) electrons. The second kappa shape index (κ2) is 7.14. The van der Waals surface area contributed by atoms with Crippen molar-refractivity contribution in [1.29, 1.82) is 0 Å². The van der Waals surface area contributed by atoms with E-state index in [0.29, 0.717) is 16.4 Å². The number of sulfone groups is 1. The van der Waals surface area contributed by atoms with Gasteiger partial charge in [0.05, 0.1) is 22.2 Å². The Hall–Kier alpha value is -1.86. The topological polar surface area (TPSA) is 81.1 Å². The fourth-order valence-electron chi connectivity index (χ4n) is 1.97. The molecule has 2 aromatic rings. The molecule has 0 fully saturated rings. The van der Waals surface area contributed by atoms with Crippen molar-refractivity contribution in [2.75, 3.05) is 11.1 Å². The van der Waals surface area contributed by atoms with Crippen molar-refractivity contribution in [1.82, 2.24) is 9.78 Å². The Balaban J connectivity index is 2.00. The van der Waals surface area contributed by atoms with Gasteiger partial charge in [0.15, 0.2) is 9.84 Å². The predicted octanol–water partition coefficient (Wildman–Crippen LogP) is 2.67. The van der Waals surface area contributed by atoms with Crippen LogP contribution in [0, 0.1) is 0 Å². The Bertz CT molecular complexity index is 800. The summed E-state index contributed by atoms with van der Waals surface area (Å²) in [6.07, 6.45) is 1.72. The van der Waals surface area contributed by atoms with E-state index in [1.54, 1.807) is 41.2 Å². The van der Waals surface area contributed by atoms with Gasteiger partial charge in [0, 0.05) is 12.2 Å². The first-order valence-electron chi connectivity index (χ1n) is 7.05. The summed E-state index contributed by atoms with van der Waals surface area (Å²) in [6.45, 7) is 3.89. The first-order valence-corrected chi connectivity index (χ1v) is 9.25. The molecule has 124 valence electrons. The molecule has 0 aliphatic carbocycles. The predicted molar refractivity (Wildman–Crippen MR) is 90.2 cm³/mol. The lowest BCUT2D eigenvalue weighted by atomic mass is 10.3. The summed E-state index contributed by atoms with van der Waals surface area (Å²) in [5, 5.41) is 7.04. The number of carbonyl (C=O) groups excluding carboxylic acids is 1. The molecule has 0 atom stereocenters. The van der Waals surface area contributed by atoms with Crippen LogP contribution in [0.1, 0.15) is 25.6 Å². The fraction of sp³-hybridized carbons (Fsp3) is 0.333. The Kier molecular flexibility index (Phi) is 5.43. The molecule has 0 saturated heterocycles. The van der Waals surface area contributed by atoms with Crippen molar-refractivity contribution in [3.63, 3.8) is 0 Å². The van der Waals surface area contributed by atoms with E-state index in [1.165, 1.54) is 0 Å². The van der Waals surface area contributed by atoms with Gasteiger partial charge >= 0.3 is 0 Å². The number of aromatic nitrogens is 2. The summed E-state index contributed by atoms with van der Waals surface area (Å²) in [4.78, 5) is 11.9. The summed E-state index contributed by atoms with van der Waals surface area (Å²) in [5.41, 5.74) is 0.808. The molecule has 0 aliphatic heterocycles. The van der Waals surface area contributed by atoms with Gasteiger partial charge in [-0.3, -0.25) is 9.48 Å². The summed E-state index contributed by atoms with van der Waals surface area (Å²) in [7, 11) is -3.61. The third-order valence-electron chi connectivity index (χ3n) is 3.06. The molecular formula is C15H18ClN3O3S. The molecule has 0 unspecified atom stereocenters. The zero-order valence-electron chi connectivity index (χ0n) is 12.9. The van der Waals surface area contributed by atoms with E-state index < -0.39 is 21.5 Å². The molecule has 8 heteroatoms. The molecule has 6 nitrogen and oxygen atoms in total. The number of nitrogens with zero attached hydrogens (tertiary/aromatic N) is 2. The first-order chi connectivity index (χ1) is 10.8. The van der Waals surface area contributed by atoms with Crippen LogP contribution in [0.15, 0.2) is 36.5 Å². The summed E-state index contributed by atoms with van der Waals surface area (Å²) < 4.78 is 25.9. The van der Waals surface area contributed by atoms with Gasteiger partial charge in [0.1, 0.15) is 5.75 Å². The highest BCUT2D eigenvalue weighted by Crippen LogP contribution is 2.20. The quantitative estimate of drug-likeness (QED) is 0.863. The number of amides is 1. The number of rotatable bonds is 6. The highest BCUT2D eigenvalue weighted by molar-refractivity contribution is 7.91. The first kappa shape index (κ1) is 17.5. The van der Waals surface area contributed by atoms with E-state index in [9.17, 15) is 13.2 Å². The third kappa shape index (κ3) is 5.07. The molecule has 1 aromatic carbocycles. The van der Waals surface area contributed by atoms with Crippen LogP contribution in [-0.2, 0) is 20.4 Å². The van der Waals surface area contributed by atoms with Gasteiger partial charge in [0.25, 0.3) is 0 Å². The van der Waals surface area contributed by atoms with Crippen LogP contribution >= 0.6 is 11.6 Å². The number of para-hydroxylation sites is 1. The zero-order chi connectivity index (χ0) is 17.0. The number of benzene rings is 1. The number of anilines is 1. The number of nitrogens with one attached hydrogen (secondary N) is 1. The molecule has 0 bridgehead atoms. The molecule has 0 spiro atoms. The smallest absolute Gasteiger partial charge is 0.239 e. The van der Waals surface area contributed by atoms with Crippen LogP contribution in [0.25, 0.3) is 0 Å². The Morgan fingerprint density at radius 3 is 2.61 bits per heavy atom. The van der Waals surface area contributed by atoms with Crippen molar-refractivity contribution in [2.45, 2.75) is 25.6 Å². The lowest BCUT2D eigenvalue weighted by Gasteiger charge is -2.07. The molecule has 23 heavy (non-hydrogen) atoms. The minimum absolute atomic E-state index is 0.148. The summed E-state index contributed by atoms with van der Waals surface area (Å²) in [5.74, 6) is -1.52. The minimum Gasteiger partial charge on any atom is -0.324 e. The zero-order valence-corrected chi connectivity index (χ0v) is 14.4. The van der Waals surface area contributed by atoms with Crippen LogP contribution < -0.4 is 5.32 Å². The number of carbonyl (C=O) groups is 1. The largest absolute Gasteiger partial charge is 0.324 e. The maximum Gasteiger partial charge on any atom is 0.239 e. The van der Waals surface area contributed by atoms with Gasteiger partial charge < -0.3 is 5.32 Å². The van der Waals surface area contributed by atoms with Crippen molar-refractivity contribution >= 4 is 33.0 Å². The van der Waals surface area contributed by atoms with Crippen LogP contribution in [0.4, 0.5) is 5.69 Å². The number of halogens is 1. The SMILES string of the molecule is CC(C)n1ccc(CS(=O)(=O)CC(=O)Nc2ccccc2Cl)n1. The average molecular weight is 356 g/mol. The highest BCUT2D eigenvalue weighted by Gasteiger charge is 2.19. The van der Waals surface area contributed by atoms with Crippen LogP contribution in [-0.4, -0.2) is 29.9 Å². The van der Waals surface area contributed by atoms with Crippen LogP contribution in [0.2, 0.25) is 5.02 Å². The molecule has 1 N–H and O–H groups in total. The molecular weight excluding hydrogens is 338 g/mol. The molecule has 0 aliphatic rings. The molecule has 1 amide bonds. The van der Waals surface area contributed by atoms with Gasteiger partial charge in [-0.15, -0.1) is 0 Å². The molecule has 1 aromatic heterocycles. The normalized spacial score (nSPS) is 11.7. The third-order valence-corrected chi connectivity index (χ3v) is 4.83. The molecule has 1 heterocycles. The minimum atomic E-state index is -3.61. The van der Waals surface area contributed by atoms with Gasteiger partial charge in [-0.05, 0) is 32.0 Å². The Morgan fingerprint density at radius 1 is 1.30 bits per heavy atom. The van der Waals surface area contributed by atoms with E-state index in [4.69, 9.17) is 11.6 Å². The molecule has 2 rings (SSSR count). The van der Waals surface area contributed by atoms with Crippen molar-refractivity contribution < 1.29 is 13.2 Å². The van der Waals surface area contributed by atoms with Crippen LogP contribution in [0.5, 0.6) is 0 Å². The maximum atomic E-state index is 12.1. The van der Waals surface area contributed by atoms with E-state index in [2.05, 4.69) is 10.4 Å².